The molecule has 19 heavy (non-hydrogen) atoms. The second kappa shape index (κ2) is 7.99. The van der Waals surface area contributed by atoms with Crippen molar-refractivity contribution in [1.29, 1.82) is 0 Å². The predicted molar refractivity (Wildman–Crippen MR) is 71.0 cm³/mol. The quantitative estimate of drug-likeness (QED) is 0.714. The van der Waals surface area contributed by atoms with Crippen LogP contribution in [-0.2, 0) is 9.53 Å². The van der Waals surface area contributed by atoms with Crippen molar-refractivity contribution < 1.29 is 19.4 Å². The number of carbonyl (C=O) groups excluding carboxylic acids is 1. The Labute approximate surface area is 114 Å². The van der Waals surface area contributed by atoms with Gasteiger partial charge in [-0.3, -0.25) is 0 Å². The zero-order valence-electron chi connectivity index (χ0n) is 11.7. The monoisotopic (exact) mass is 272 g/mol. The van der Waals surface area contributed by atoms with E-state index in [-0.39, 0.29) is 6.03 Å². The molecule has 6 nitrogen and oxygen atoms in total. The molecule has 2 amide bonds. The number of urea groups is 1. The Balaban J connectivity index is 2.43. The van der Waals surface area contributed by atoms with E-state index < -0.39 is 12.0 Å². The van der Waals surface area contributed by atoms with Crippen LogP contribution in [0.2, 0.25) is 0 Å². The average Bonchev–Trinajstić information content (AvgIpc) is 2.37. The van der Waals surface area contributed by atoms with Gasteiger partial charge in [-0.2, -0.15) is 0 Å². The minimum atomic E-state index is -0.991. The zero-order chi connectivity index (χ0) is 14.3. The summed E-state index contributed by atoms with van der Waals surface area (Å²) in [6.07, 6.45) is 3.11. The van der Waals surface area contributed by atoms with Crippen LogP contribution in [-0.4, -0.2) is 54.9 Å². The van der Waals surface area contributed by atoms with Crippen molar-refractivity contribution in [3.05, 3.63) is 0 Å². The molecular weight excluding hydrogens is 248 g/mol. The maximum atomic E-state index is 12.0. The molecule has 0 radical (unpaired) electrons. The number of aliphatic carboxylic acids is 1. The summed E-state index contributed by atoms with van der Waals surface area (Å²) in [7, 11) is 1.57. The van der Waals surface area contributed by atoms with Crippen molar-refractivity contribution in [2.45, 2.75) is 38.6 Å². The average molecular weight is 272 g/mol. The van der Waals surface area contributed by atoms with E-state index >= 15 is 0 Å². The number of rotatable bonds is 6. The lowest BCUT2D eigenvalue weighted by Crippen LogP contribution is -2.50. The Bertz CT molecular complexity index is 309. The molecule has 1 fully saturated rings. The van der Waals surface area contributed by atoms with Crippen molar-refractivity contribution in [2.75, 3.05) is 26.8 Å². The number of carboxylic acids is 1. The normalized spacial score (nSPS) is 20.9. The summed E-state index contributed by atoms with van der Waals surface area (Å²) in [5, 5.41) is 11.7. The first-order valence-corrected chi connectivity index (χ1v) is 6.81. The number of methoxy groups -OCH3 is 1. The Morgan fingerprint density at radius 3 is 2.84 bits per heavy atom. The Morgan fingerprint density at radius 2 is 2.26 bits per heavy atom. The fourth-order valence-electron chi connectivity index (χ4n) is 2.30. The van der Waals surface area contributed by atoms with Crippen molar-refractivity contribution in [1.82, 2.24) is 10.2 Å². The van der Waals surface area contributed by atoms with E-state index in [1.807, 2.05) is 0 Å². The molecule has 2 N–H and O–H groups in total. The lowest BCUT2D eigenvalue weighted by atomic mass is 10.0. The van der Waals surface area contributed by atoms with Crippen LogP contribution in [0, 0.1) is 5.92 Å². The number of amides is 2. The molecule has 1 heterocycles. The van der Waals surface area contributed by atoms with Crippen molar-refractivity contribution in [3.8, 4) is 0 Å². The number of nitrogens with zero attached hydrogens (tertiary/aromatic N) is 1. The van der Waals surface area contributed by atoms with Gasteiger partial charge in [-0.05, 0) is 31.6 Å². The molecule has 1 aliphatic rings. The molecule has 0 aliphatic carbocycles. The van der Waals surface area contributed by atoms with E-state index in [0.717, 1.165) is 12.8 Å². The van der Waals surface area contributed by atoms with Crippen LogP contribution >= 0.6 is 0 Å². The van der Waals surface area contributed by atoms with Crippen LogP contribution in [0.15, 0.2) is 0 Å². The molecule has 0 aromatic carbocycles. The highest BCUT2D eigenvalue weighted by atomic mass is 16.5. The van der Waals surface area contributed by atoms with Gasteiger partial charge in [0.25, 0.3) is 0 Å². The van der Waals surface area contributed by atoms with Crippen LogP contribution in [0.25, 0.3) is 0 Å². The smallest absolute Gasteiger partial charge is 0.326 e. The lowest BCUT2D eigenvalue weighted by Gasteiger charge is -2.31. The number of hydrogen-bond donors (Lipinski definition) is 2. The summed E-state index contributed by atoms with van der Waals surface area (Å²) in [6.45, 7) is 4.02. The molecule has 0 spiro atoms. The standard InChI is InChI=1S/C13H24N2O4/c1-10-5-3-7-15(9-10)13(18)14-11(12(16)17)6-4-8-19-2/h10-11H,3-9H2,1-2H3,(H,14,18)(H,16,17). The van der Waals surface area contributed by atoms with Gasteiger partial charge in [-0.15, -0.1) is 0 Å². The number of piperidine rings is 1. The van der Waals surface area contributed by atoms with Crippen molar-refractivity contribution in [2.24, 2.45) is 5.92 Å². The van der Waals surface area contributed by atoms with Gasteiger partial charge in [0.2, 0.25) is 0 Å². The predicted octanol–water partition coefficient (Wildman–Crippen LogP) is 1.31. The first-order chi connectivity index (χ1) is 9.04. The van der Waals surface area contributed by atoms with E-state index in [1.54, 1.807) is 12.0 Å². The fourth-order valence-corrected chi connectivity index (χ4v) is 2.30. The molecule has 0 bridgehead atoms. The number of hydrogen-bond acceptors (Lipinski definition) is 3. The van der Waals surface area contributed by atoms with Crippen LogP contribution in [0.3, 0.4) is 0 Å². The second-order valence-electron chi connectivity index (χ2n) is 5.17. The van der Waals surface area contributed by atoms with E-state index in [1.165, 1.54) is 0 Å². The summed E-state index contributed by atoms with van der Waals surface area (Å²) in [4.78, 5) is 24.8. The molecule has 0 aromatic heterocycles. The summed E-state index contributed by atoms with van der Waals surface area (Å²) in [6, 6.07) is -1.10. The number of carboxylic acid groups (broad SMARTS) is 1. The highest BCUT2D eigenvalue weighted by Gasteiger charge is 2.25. The number of carbonyl (C=O) groups is 2. The van der Waals surface area contributed by atoms with Gasteiger partial charge in [0.1, 0.15) is 6.04 Å². The topological polar surface area (TPSA) is 78.9 Å². The van der Waals surface area contributed by atoms with Gasteiger partial charge in [0.05, 0.1) is 0 Å². The molecule has 110 valence electrons. The van der Waals surface area contributed by atoms with Gasteiger partial charge < -0.3 is 20.1 Å². The summed E-state index contributed by atoms with van der Waals surface area (Å²) in [5.74, 6) is -0.509. The Kier molecular flexibility index (Phi) is 6.62. The van der Waals surface area contributed by atoms with Gasteiger partial charge in [0.15, 0.2) is 0 Å². The molecule has 1 aliphatic heterocycles. The first-order valence-electron chi connectivity index (χ1n) is 6.81. The first kappa shape index (κ1) is 15.8. The third-order valence-corrected chi connectivity index (χ3v) is 3.38. The SMILES string of the molecule is COCCCC(NC(=O)N1CCCC(C)C1)C(=O)O. The lowest BCUT2D eigenvalue weighted by molar-refractivity contribution is -0.139. The van der Waals surface area contributed by atoms with Crippen LogP contribution < -0.4 is 5.32 Å². The third-order valence-electron chi connectivity index (χ3n) is 3.38. The maximum absolute atomic E-state index is 12.0. The minimum absolute atomic E-state index is 0.267. The largest absolute Gasteiger partial charge is 0.480 e. The number of ether oxygens (including phenoxy) is 1. The van der Waals surface area contributed by atoms with Crippen molar-refractivity contribution >= 4 is 12.0 Å². The van der Waals surface area contributed by atoms with Gasteiger partial charge in [-0.1, -0.05) is 6.92 Å². The van der Waals surface area contributed by atoms with E-state index in [0.29, 0.717) is 38.5 Å². The molecule has 1 saturated heterocycles. The molecular formula is C13H24N2O4. The van der Waals surface area contributed by atoms with Crippen LogP contribution in [0.1, 0.15) is 32.6 Å². The highest BCUT2D eigenvalue weighted by molar-refractivity contribution is 5.82. The van der Waals surface area contributed by atoms with E-state index in [9.17, 15) is 9.59 Å². The third kappa shape index (κ3) is 5.46. The van der Waals surface area contributed by atoms with E-state index in [2.05, 4.69) is 12.2 Å². The molecule has 2 unspecified atom stereocenters. The summed E-state index contributed by atoms with van der Waals surface area (Å²) < 4.78 is 4.89. The van der Waals surface area contributed by atoms with Gasteiger partial charge in [-0.25, -0.2) is 9.59 Å². The van der Waals surface area contributed by atoms with Crippen LogP contribution in [0.4, 0.5) is 4.79 Å². The summed E-state index contributed by atoms with van der Waals surface area (Å²) >= 11 is 0. The summed E-state index contributed by atoms with van der Waals surface area (Å²) in [5.41, 5.74) is 0. The molecule has 0 saturated carbocycles. The zero-order valence-corrected chi connectivity index (χ0v) is 11.7. The molecule has 0 aromatic rings. The Morgan fingerprint density at radius 1 is 1.53 bits per heavy atom. The minimum Gasteiger partial charge on any atom is -0.480 e. The van der Waals surface area contributed by atoms with Gasteiger partial charge >= 0.3 is 12.0 Å². The molecule has 2 atom stereocenters. The van der Waals surface area contributed by atoms with Crippen molar-refractivity contribution in [3.63, 3.8) is 0 Å². The van der Waals surface area contributed by atoms with E-state index in [4.69, 9.17) is 9.84 Å². The number of nitrogens with one attached hydrogen (secondary N) is 1. The highest BCUT2D eigenvalue weighted by Crippen LogP contribution is 2.15. The fraction of sp³-hybridized carbons (Fsp3) is 0.846. The second-order valence-corrected chi connectivity index (χ2v) is 5.17. The molecule has 6 heteroatoms. The molecule has 1 rings (SSSR count). The number of likely N-dealkylation sites (tertiary alicyclic amines) is 1. The maximum Gasteiger partial charge on any atom is 0.326 e. The van der Waals surface area contributed by atoms with Crippen LogP contribution in [0.5, 0.6) is 0 Å². The van der Waals surface area contributed by atoms with Gasteiger partial charge in [0, 0.05) is 26.8 Å². The Hall–Kier alpha value is -1.30.